The second-order valence-corrected chi connectivity index (χ2v) is 5.20. The maximum Gasteiger partial charge on any atom is 0.0741 e. The zero-order valence-corrected chi connectivity index (χ0v) is 10.8. The topological polar surface area (TPSA) is 58.3 Å². The number of hydrogen-bond acceptors (Lipinski definition) is 3. The first-order valence-electron chi connectivity index (χ1n) is 6.08. The highest BCUT2D eigenvalue weighted by Gasteiger charge is 2.23. The summed E-state index contributed by atoms with van der Waals surface area (Å²) >= 11 is 6.01. The number of nitrogen functional groups attached to an aromatic ring is 1. The summed E-state index contributed by atoms with van der Waals surface area (Å²) in [4.78, 5) is 0. The highest BCUT2D eigenvalue weighted by molar-refractivity contribution is 6.33. The molecule has 0 spiro atoms. The molecule has 2 rings (SSSR count). The lowest BCUT2D eigenvalue weighted by Crippen LogP contribution is -2.36. The van der Waals surface area contributed by atoms with E-state index in [-0.39, 0.29) is 12.1 Å². The lowest BCUT2D eigenvalue weighted by Gasteiger charge is -2.30. The molecule has 2 unspecified atom stereocenters. The number of anilines is 2. The Kier molecular flexibility index (Phi) is 3.79. The first-order chi connectivity index (χ1) is 8.08. The molecule has 0 bridgehead atoms. The Labute approximate surface area is 107 Å². The fraction of sp³-hybridized carbons (Fsp3) is 0.538. The molecule has 0 aliphatic heterocycles. The van der Waals surface area contributed by atoms with Crippen LogP contribution < -0.4 is 11.1 Å². The Hall–Kier alpha value is -0.930. The van der Waals surface area contributed by atoms with Gasteiger partial charge in [-0.1, -0.05) is 24.4 Å². The number of aryl methyl sites for hydroxylation is 1. The van der Waals surface area contributed by atoms with E-state index >= 15 is 0 Å². The number of hydrogen-bond donors (Lipinski definition) is 3. The van der Waals surface area contributed by atoms with Gasteiger partial charge in [0.05, 0.1) is 22.9 Å². The smallest absolute Gasteiger partial charge is 0.0741 e. The number of nitrogens with one attached hydrogen (secondary N) is 1. The number of nitrogens with two attached hydrogens (primary N) is 1. The van der Waals surface area contributed by atoms with Crippen LogP contribution in [0.15, 0.2) is 12.1 Å². The van der Waals surface area contributed by atoms with Gasteiger partial charge in [0.25, 0.3) is 0 Å². The summed E-state index contributed by atoms with van der Waals surface area (Å²) in [7, 11) is 0. The zero-order valence-electron chi connectivity index (χ0n) is 10.0. The number of rotatable bonds is 2. The minimum Gasteiger partial charge on any atom is -0.398 e. The first kappa shape index (κ1) is 12.5. The number of benzene rings is 1. The minimum atomic E-state index is -0.264. The van der Waals surface area contributed by atoms with Crippen molar-refractivity contribution >= 4 is 23.0 Å². The Morgan fingerprint density at radius 2 is 2.06 bits per heavy atom. The van der Waals surface area contributed by atoms with Gasteiger partial charge in [0.1, 0.15) is 0 Å². The average Bonchev–Trinajstić information content (AvgIpc) is 2.29. The lowest BCUT2D eigenvalue weighted by atomic mass is 9.92. The Balaban J connectivity index is 2.15. The monoisotopic (exact) mass is 254 g/mol. The van der Waals surface area contributed by atoms with Crippen LogP contribution in [-0.4, -0.2) is 17.3 Å². The minimum absolute atomic E-state index is 0.127. The molecule has 0 heterocycles. The van der Waals surface area contributed by atoms with Crippen LogP contribution in [0.3, 0.4) is 0 Å². The molecule has 1 aromatic rings. The molecule has 2 atom stereocenters. The van der Waals surface area contributed by atoms with Crippen LogP contribution in [0.2, 0.25) is 5.02 Å². The van der Waals surface area contributed by atoms with Gasteiger partial charge in [0.2, 0.25) is 0 Å². The molecule has 4 heteroatoms. The van der Waals surface area contributed by atoms with Gasteiger partial charge in [-0.05, 0) is 37.5 Å². The molecule has 94 valence electrons. The third-order valence-electron chi connectivity index (χ3n) is 3.41. The average molecular weight is 255 g/mol. The second-order valence-electron chi connectivity index (χ2n) is 4.79. The van der Waals surface area contributed by atoms with Crippen LogP contribution in [0.5, 0.6) is 0 Å². The van der Waals surface area contributed by atoms with E-state index in [1.807, 2.05) is 19.1 Å². The van der Waals surface area contributed by atoms with E-state index in [1.54, 1.807) is 0 Å². The summed E-state index contributed by atoms with van der Waals surface area (Å²) in [6, 6.07) is 3.83. The lowest BCUT2D eigenvalue weighted by molar-refractivity contribution is 0.116. The highest BCUT2D eigenvalue weighted by atomic mass is 35.5. The molecule has 4 N–H and O–H groups in total. The maximum absolute atomic E-state index is 9.92. The summed E-state index contributed by atoms with van der Waals surface area (Å²) in [5, 5.41) is 13.9. The van der Waals surface area contributed by atoms with Crippen molar-refractivity contribution in [2.75, 3.05) is 11.1 Å². The summed E-state index contributed by atoms with van der Waals surface area (Å²) in [6.45, 7) is 1.99. The van der Waals surface area contributed by atoms with Crippen LogP contribution in [0.4, 0.5) is 11.4 Å². The number of aliphatic hydroxyl groups excluding tert-OH is 1. The van der Waals surface area contributed by atoms with Crippen molar-refractivity contribution in [1.29, 1.82) is 0 Å². The molecule has 17 heavy (non-hydrogen) atoms. The molecule has 1 aromatic carbocycles. The van der Waals surface area contributed by atoms with Gasteiger partial charge in [-0.15, -0.1) is 0 Å². The van der Waals surface area contributed by atoms with E-state index in [4.69, 9.17) is 17.3 Å². The van der Waals surface area contributed by atoms with Crippen molar-refractivity contribution in [3.05, 3.63) is 22.7 Å². The van der Waals surface area contributed by atoms with Crippen molar-refractivity contribution in [3.63, 3.8) is 0 Å². The quantitative estimate of drug-likeness (QED) is 0.712. The molecule has 0 radical (unpaired) electrons. The summed E-state index contributed by atoms with van der Waals surface area (Å²) < 4.78 is 0. The van der Waals surface area contributed by atoms with Crippen molar-refractivity contribution in [2.24, 2.45) is 0 Å². The molecule has 3 nitrogen and oxygen atoms in total. The van der Waals surface area contributed by atoms with E-state index < -0.39 is 0 Å². The Morgan fingerprint density at radius 1 is 1.35 bits per heavy atom. The molecule has 0 saturated heterocycles. The van der Waals surface area contributed by atoms with Crippen molar-refractivity contribution in [3.8, 4) is 0 Å². The van der Waals surface area contributed by atoms with Crippen LogP contribution in [-0.2, 0) is 0 Å². The third-order valence-corrected chi connectivity index (χ3v) is 3.74. The zero-order chi connectivity index (χ0) is 12.4. The standard InChI is InChI=1S/C13H19ClN2O/c1-8-6-10(15)9(14)7-12(8)16-11-4-2-3-5-13(11)17/h6-7,11,13,16-17H,2-5,15H2,1H3. The molecule has 1 aliphatic rings. The Bertz CT molecular complexity index is 409. The maximum atomic E-state index is 9.92. The van der Waals surface area contributed by atoms with E-state index in [1.165, 1.54) is 0 Å². The van der Waals surface area contributed by atoms with E-state index in [0.717, 1.165) is 36.9 Å². The van der Waals surface area contributed by atoms with E-state index in [2.05, 4.69) is 5.32 Å². The molecular formula is C13H19ClN2O. The van der Waals surface area contributed by atoms with Crippen LogP contribution in [0.25, 0.3) is 0 Å². The predicted octanol–water partition coefficient (Wildman–Crippen LogP) is 2.95. The molecule has 1 aliphatic carbocycles. The van der Waals surface area contributed by atoms with Gasteiger partial charge in [-0.25, -0.2) is 0 Å². The molecule has 1 fully saturated rings. The SMILES string of the molecule is Cc1cc(N)c(Cl)cc1NC1CCCCC1O. The molecule has 1 saturated carbocycles. The first-order valence-corrected chi connectivity index (χ1v) is 6.46. The van der Waals surface area contributed by atoms with E-state index in [9.17, 15) is 5.11 Å². The summed E-state index contributed by atoms with van der Waals surface area (Å²) in [5.41, 5.74) is 8.36. The van der Waals surface area contributed by atoms with Gasteiger partial charge in [0, 0.05) is 5.69 Å². The van der Waals surface area contributed by atoms with Crippen LogP contribution >= 0.6 is 11.6 Å². The van der Waals surface area contributed by atoms with Crippen molar-refractivity contribution in [2.45, 2.75) is 44.8 Å². The molecule has 0 aromatic heterocycles. The molecular weight excluding hydrogens is 236 g/mol. The van der Waals surface area contributed by atoms with E-state index in [0.29, 0.717) is 10.7 Å². The van der Waals surface area contributed by atoms with Crippen molar-refractivity contribution in [1.82, 2.24) is 0 Å². The summed E-state index contributed by atoms with van der Waals surface area (Å²) in [6.07, 6.45) is 3.89. The fourth-order valence-electron chi connectivity index (χ4n) is 2.34. The summed E-state index contributed by atoms with van der Waals surface area (Å²) in [5.74, 6) is 0. The van der Waals surface area contributed by atoms with Gasteiger partial charge < -0.3 is 16.2 Å². The number of halogens is 1. The highest BCUT2D eigenvalue weighted by Crippen LogP contribution is 2.29. The molecule has 0 amide bonds. The van der Waals surface area contributed by atoms with Gasteiger partial charge in [0.15, 0.2) is 0 Å². The van der Waals surface area contributed by atoms with Gasteiger partial charge in [-0.2, -0.15) is 0 Å². The van der Waals surface area contributed by atoms with Crippen molar-refractivity contribution < 1.29 is 5.11 Å². The predicted molar refractivity (Wildman–Crippen MR) is 72.5 cm³/mol. The Morgan fingerprint density at radius 3 is 2.76 bits per heavy atom. The number of aliphatic hydroxyl groups is 1. The van der Waals surface area contributed by atoms with Crippen LogP contribution in [0.1, 0.15) is 31.2 Å². The van der Waals surface area contributed by atoms with Crippen LogP contribution in [0, 0.1) is 6.92 Å². The van der Waals surface area contributed by atoms with Gasteiger partial charge >= 0.3 is 0 Å². The largest absolute Gasteiger partial charge is 0.398 e. The fourth-order valence-corrected chi connectivity index (χ4v) is 2.50. The second kappa shape index (κ2) is 5.15. The van der Waals surface area contributed by atoms with Gasteiger partial charge in [-0.3, -0.25) is 0 Å². The normalized spacial score (nSPS) is 24.6. The third kappa shape index (κ3) is 2.85.